The van der Waals surface area contributed by atoms with Crippen molar-refractivity contribution in [2.24, 2.45) is 0 Å². The third-order valence-electron chi connectivity index (χ3n) is 3.48. The van der Waals surface area contributed by atoms with Crippen molar-refractivity contribution in [3.05, 3.63) is 65.7 Å². The van der Waals surface area contributed by atoms with Crippen molar-refractivity contribution >= 4 is 23.3 Å². The van der Waals surface area contributed by atoms with Crippen molar-refractivity contribution in [3.63, 3.8) is 0 Å². The number of ketones is 1. The van der Waals surface area contributed by atoms with Gasteiger partial charge in [0, 0.05) is 29.8 Å². The fourth-order valence-electron chi connectivity index (χ4n) is 2.15. The van der Waals surface area contributed by atoms with Gasteiger partial charge in [-0.15, -0.1) is 0 Å². The van der Waals surface area contributed by atoms with Gasteiger partial charge in [0.05, 0.1) is 0 Å². The van der Waals surface area contributed by atoms with Gasteiger partial charge in [0.2, 0.25) is 5.91 Å². The fourth-order valence-corrected chi connectivity index (χ4v) is 2.15. The van der Waals surface area contributed by atoms with E-state index >= 15 is 0 Å². The number of hydrogen-bond donors (Lipinski definition) is 2. The molecule has 0 aliphatic carbocycles. The number of amides is 2. The minimum absolute atomic E-state index is 0.0120. The summed E-state index contributed by atoms with van der Waals surface area (Å²) in [5, 5.41) is 5.55. The lowest BCUT2D eigenvalue weighted by molar-refractivity contribution is -0.116. The standard InChI is InChI=1S/C19H20N2O3/c1-14(22)15-9-11-17(12-10-15)21-18(23)8-5-13-20-19(24)16-6-3-2-4-7-16/h2-4,6-7,9-12H,5,8,13H2,1H3,(H,20,24)(H,21,23). The highest BCUT2D eigenvalue weighted by atomic mass is 16.2. The van der Waals surface area contributed by atoms with E-state index in [1.165, 1.54) is 6.92 Å². The zero-order valence-corrected chi connectivity index (χ0v) is 13.5. The fraction of sp³-hybridized carbons (Fsp3) is 0.211. The Morgan fingerprint density at radius 1 is 0.875 bits per heavy atom. The predicted octanol–water partition coefficient (Wildman–Crippen LogP) is 3.04. The second-order valence-electron chi connectivity index (χ2n) is 5.41. The molecule has 0 saturated heterocycles. The van der Waals surface area contributed by atoms with Crippen LogP contribution >= 0.6 is 0 Å². The Labute approximate surface area is 141 Å². The summed E-state index contributed by atoms with van der Waals surface area (Å²) in [4.78, 5) is 34.9. The van der Waals surface area contributed by atoms with Gasteiger partial charge in [0.25, 0.3) is 5.91 Å². The molecule has 2 rings (SSSR count). The van der Waals surface area contributed by atoms with Crippen LogP contribution < -0.4 is 10.6 Å². The van der Waals surface area contributed by atoms with Crippen molar-refractivity contribution in [1.82, 2.24) is 5.32 Å². The smallest absolute Gasteiger partial charge is 0.251 e. The molecule has 5 nitrogen and oxygen atoms in total. The van der Waals surface area contributed by atoms with Crippen LogP contribution in [0.1, 0.15) is 40.5 Å². The average Bonchev–Trinajstić information content (AvgIpc) is 2.59. The molecule has 0 fully saturated rings. The van der Waals surface area contributed by atoms with Crippen molar-refractivity contribution in [2.75, 3.05) is 11.9 Å². The third-order valence-corrected chi connectivity index (χ3v) is 3.48. The van der Waals surface area contributed by atoms with E-state index in [2.05, 4.69) is 10.6 Å². The van der Waals surface area contributed by atoms with Gasteiger partial charge in [0.1, 0.15) is 0 Å². The molecule has 0 aliphatic heterocycles. The minimum atomic E-state index is -0.143. The highest BCUT2D eigenvalue weighted by molar-refractivity contribution is 5.96. The SMILES string of the molecule is CC(=O)c1ccc(NC(=O)CCCNC(=O)c2ccccc2)cc1. The molecular formula is C19H20N2O3. The van der Waals surface area contributed by atoms with E-state index in [-0.39, 0.29) is 17.6 Å². The van der Waals surface area contributed by atoms with Crippen LogP contribution in [-0.4, -0.2) is 24.1 Å². The van der Waals surface area contributed by atoms with Gasteiger partial charge >= 0.3 is 0 Å². The first-order valence-electron chi connectivity index (χ1n) is 7.80. The molecule has 24 heavy (non-hydrogen) atoms. The molecule has 2 amide bonds. The van der Waals surface area contributed by atoms with Crippen molar-refractivity contribution in [2.45, 2.75) is 19.8 Å². The second-order valence-corrected chi connectivity index (χ2v) is 5.41. The van der Waals surface area contributed by atoms with Crippen LogP contribution in [0.4, 0.5) is 5.69 Å². The van der Waals surface area contributed by atoms with Crippen molar-refractivity contribution in [3.8, 4) is 0 Å². The molecule has 0 aliphatic rings. The van der Waals surface area contributed by atoms with Gasteiger partial charge in [-0.05, 0) is 49.7 Å². The van der Waals surface area contributed by atoms with Crippen LogP contribution in [0.2, 0.25) is 0 Å². The molecule has 0 aromatic heterocycles. The number of benzene rings is 2. The Morgan fingerprint density at radius 2 is 1.54 bits per heavy atom. The summed E-state index contributed by atoms with van der Waals surface area (Å²) >= 11 is 0. The maximum absolute atomic E-state index is 11.9. The molecule has 0 saturated carbocycles. The van der Waals surface area contributed by atoms with E-state index in [0.29, 0.717) is 36.2 Å². The highest BCUT2D eigenvalue weighted by Crippen LogP contribution is 2.10. The van der Waals surface area contributed by atoms with Gasteiger partial charge in [0.15, 0.2) is 5.78 Å². The van der Waals surface area contributed by atoms with Crippen molar-refractivity contribution < 1.29 is 14.4 Å². The largest absolute Gasteiger partial charge is 0.352 e. The lowest BCUT2D eigenvalue weighted by Crippen LogP contribution is -2.25. The summed E-state index contributed by atoms with van der Waals surface area (Å²) in [5.74, 6) is -0.280. The Bertz CT molecular complexity index is 709. The molecule has 0 atom stereocenters. The number of hydrogen-bond acceptors (Lipinski definition) is 3. The van der Waals surface area contributed by atoms with Crippen LogP contribution in [0.25, 0.3) is 0 Å². The highest BCUT2D eigenvalue weighted by Gasteiger charge is 2.06. The molecule has 2 N–H and O–H groups in total. The van der Waals surface area contributed by atoms with Crippen molar-refractivity contribution in [1.29, 1.82) is 0 Å². The maximum Gasteiger partial charge on any atom is 0.251 e. The van der Waals surface area contributed by atoms with Gasteiger partial charge in [-0.25, -0.2) is 0 Å². The van der Waals surface area contributed by atoms with E-state index in [1.807, 2.05) is 6.07 Å². The van der Waals surface area contributed by atoms with E-state index in [9.17, 15) is 14.4 Å². The molecule has 5 heteroatoms. The first kappa shape index (κ1) is 17.4. The van der Waals surface area contributed by atoms with Crippen LogP contribution in [0.15, 0.2) is 54.6 Å². The molecule has 0 unspecified atom stereocenters. The summed E-state index contributed by atoms with van der Waals surface area (Å²) in [7, 11) is 0. The average molecular weight is 324 g/mol. The summed E-state index contributed by atoms with van der Waals surface area (Å²) in [5.41, 5.74) is 1.86. The molecule has 0 bridgehead atoms. The Hall–Kier alpha value is -2.95. The lowest BCUT2D eigenvalue weighted by Gasteiger charge is -2.07. The first-order chi connectivity index (χ1) is 11.6. The number of anilines is 1. The second kappa shape index (κ2) is 8.62. The van der Waals surface area contributed by atoms with E-state index in [4.69, 9.17) is 0 Å². The lowest BCUT2D eigenvalue weighted by atomic mass is 10.1. The molecule has 124 valence electrons. The van der Waals surface area contributed by atoms with Gasteiger partial charge in [-0.1, -0.05) is 18.2 Å². The molecule has 2 aromatic rings. The van der Waals surface area contributed by atoms with E-state index in [1.54, 1.807) is 48.5 Å². The maximum atomic E-state index is 11.9. The number of Topliss-reactive ketones (excluding diaryl/α,β-unsaturated/α-hetero) is 1. The third kappa shape index (κ3) is 5.35. The van der Waals surface area contributed by atoms with E-state index < -0.39 is 0 Å². The quantitative estimate of drug-likeness (QED) is 0.607. The topological polar surface area (TPSA) is 75.3 Å². The predicted molar refractivity (Wildman–Crippen MR) is 93.1 cm³/mol. The number of nitrogens with one attached hydrogen (secondary N) is 2. The number of carbonyl (C=O) groups excluding carboxylic acids is 3. The van der Waals surface area contributed by atoms with Gasteiger partial charge in [-0.3, -0.25) is 14.4 Å². The van der Waals surface area contributed by atoms with E-state index in [0.717, 1.165) is 0 Å². The molecular weight excluding hydrogens is 304 g/mol. The van der Waals surface area contributed by atoms with Crippen LogP contribution in [0.5, 0.6) is 0 Å². The first-order valence-corrected chi connectivity index (χ1v) is 7.80. The van der Waals surface area contributed by atoms with Gasteiger partial charge in [-0.2, -0.15) is 0 Å². The summed E-state index contributed by atoms with van der Waals surface area (Å²) in [6, 6.07) is 15.7. The molecule has 0 radical (unpaired) electrons. The molecule has 2 aromatic carbocycles. The van der Waals surface area contributed by atoms with Crippen LogP contribution in [-0.2, 0) is 4.79 Å². The van der Waals surface area contributed by atoms with Crippen LogP contribution in [0, 0.1) is 0 Å². The van der Waals surface area contributed by atoms with Gasteiger partial charge < -0.3 is 10.6 Å². The zero-order chi connectivity index (χ0) is 17.4. The Balaban J connectivity index is 1.70. The van der Waals surface area contributed by atoms with Crippen LogP contribution in [0.3, 0.4) is 0 Å². The monoisotopic (exact) mass is 324 g/mol. The minimum Gasteiger partial charge on any atom is -0.352 e. The number of rotatable bonds is 7. The Kier molecular flexibility index (Phi) is 6.25. The summed E-state index contributed by atoms with van der Waals surface area (Å²) < 4.78 is 0. The Morgan fingerprint density at radius 3 is 2.17 bits per heavy atom. The number of carbonyl (C=O) groups is 3. The zero-order valence-electron chi connectivity index (χ0n) is 13.5. The summed E-state index contributed by atoms with van der Waals surface area (Å²) in [6.07, 6.45) is 0.861. The molecule has 0 spiro atoms. The molecule has 0 heterocycles. The summed E-state index contributed by atoms with van der Waals surface area (Å²) in [6.45, 7) is 1.93. The normalized spacial score (nSPS) is 10.0.